The first-order valence-electron chi connectivity index (χ1n) is 21.0. The van der Waals surface area contributed by atoms with Crippen molar-refractivity contribution in [2.45, 2.75) is 88.1 Å². The fourth-order valence-corrected chi connectivity index (χ4v) is 10.6. The molecule has 16 heteroatoms. The Bertz CT molecular complexity index is 2500. The molecular formula is C46H54N4O12. The average molecular weight is 855 g/mol. The highest BCUT2D eigenvalue weighted by Crippen LogP contribution is 2.60. The van der Waals surface area contributed by atoms with Crippen molar-refractivity contribution in [1.82, 2.24) is 5.32 Å². The number of guanidine groups is 1. The van der Waals surface area contributed by atoms with Gasteiger partial charge in [0.25, 0.3) is 0 Å². The first-order chi connectivity index (χ1) is 29.5. The van der Waals surface area contributed by atoms with Crippen LogP contribution in [0, 0.1) is 29.6 Å². The van der Waals surface area contributed by atoms with Crippen LogP contribution in [-0.4, -0.2) is 97.5 Å². The minimum Gasteiger partial charge on any atom is -0.508 e. The van der Waals surface area contributed by atoms with E-state index in [4.69, 9.17) is 25.4 Å². The van der Waals surface area contributed by atoms with Gasteiger partial charge in [0, 0.05) is 23.7 Å². The monoisotopic (exact) mass is 854 g/mol. The van der Waals surface area contributed by atoms with Gasteiger partial charge in [0.15, 0.2) is 29.0 Å². The second kappa shape index (κ2) is 16.6. The molecule has 330 valence electrons. The van der Waals surface area contributed by atoms with Gasteiger partial charge in [-0.15, -0.1) is 0 Å². The number of aliphatic hydroxyl groups is 3. The molecule has 3 aliphatic carbocycles. The third-order valence-corrected chi connectivity index (χ3v) is 13.7. The number of nitrogens with two attached hydrogens (primary N) is 2. The van der Waals surface area contributed by atoms with E-state index in [-0.39, 0.29) is 40.9 Å². The summed E-state index contributed by atoms with van der Waals surface area (Å²) in [6.45, 7) is 3.68. The maximum absolute atomic E-state index is 13.9. The quantitative estimate of drug-likeness (QED) is 0.0583. The van der Waals surface area contributed by atoms with Crippen LogP contribution in [0.3, 0.4) is 0 Å². The number of aromatic hydroxyl groups is 3. The molecule has 1 aromatic heterocycles. The lowest BCUT2D eigenvalue weighted by Gasteiger charge is -2.54. The second-order valence-electron chi connectivity index (χ2n) is 17.8. The van der Waals surface area contributed by atoms with Crippen LogP contribution in [0.4, 0.5) is 0 Å². The lowest BCUT2D eigenvalue weighted by Crippen LogP contribution is -2.70. The van der Waals surface area contributed by atoms with Crippen molar-refractivity contribution >= 4 is 34.5 Å². The summed E-state index contributed by atoms with van der Waals surface area (Å²) in [5.74, 6) is -2.46. The van der Waals surface area contributed by atoms with E-state index < -0.39 is 76.7 Å². The number of allylic oxidation sites excluding steroid dienone is 1. The number of aliphatic imine (C=N–C) groups is 1. The third-order valence-electron chi connectivity index (χ3n) is 13.7. The molecule has 12 N–H and O–H groups in total. The summed E-state index contributed by atoms with van der Waals surface area (Å²) in [4.78, 5) is 29.6. The molecule has 2 bridgehead atoms. The molecule has 11 atom stereocenters. The van der Waals surface area contributed by atoms with Gasteiger partial charge in [-0.25, -0.2) is 4.79 Å². The summed E-state index contributed by atoms with van der Waals surface area (Å²) in [7, 11) is 2.03. The van der Waals surface area contributed by atoms with Gasteiger partial charge >= 0.3 is 5.97 Å². The molecule has 16 nitrogen and oxygen atoms in total. The molecule has 1 aliphatic heterocycles. The summed E-state index contributed by atoms with van der Waals surface area (Å²) in [6, 6.07) is 15.7. The van der Waals surface area contributed by atoms with Crippen LogP contribution in [0.2, 0.25) is 0 Å². The van der Waals surface area contributed by atoms with Crippen molar-refractivity contribution in [2.75, 3.05) is 13.6 Å². The smallest absolute Gasteiger partial charge is 0.335 e. The van der Waals surface area contributed by atoms with Crippen molar-refractivity contribution in [3.05, 3.63) is 81.5 Å². The summed E-state index contributed by atoms with van der Waals surface area (Å²) in [5.41, 5.74) is 11.5. The predicted octanol–water partition coefficient (Wildman–Crippen LogP) is 3.82. The summed E-state index contributed by atoms with van der Waals surface area (Å²) >= 11 is 0. The van der Waals surface area contributed by atoms with E-state index in [1.54, 1.807) is 12.1 Å². The van der Waals surface area contributed by atoms with E-state index in [0.717, 1.165) is 36.5 Å². The number of nitrogens with zero attached hydrogens (tertiary/aromatic N) is 1. The van der Waals surface area contributed by atoms with E-state index in [0.29, 0.717) is 28.9 Å². The fraction of sp³-hybridized carbons (Fsp3) is 0.457. The van der Waals surface area contributed by atoms with Crippen LogP contribution in [0.5, 0.6) is 23.0 Å². The summed E-state index contributed by atoms with van der Waals surface area (Å²) in [5, 5.41) is 79.5. The first-order valence-corrected chi connectivity index (χ1v) is 21.0. The molecule has 8 rings (SSSR count). The lowest BCUT2D eigenvalue weighted by molar-refractivity contribution is -0.303. The molecule has 3 fully saturated rings. The van der Waals surface area contributed by atoms with Crippen LogP contribution < -0.4 is 26.9 Å². The second-order valence-corrected chi connectivity index (χ2v) is 17.8. The standard InChI is InChI=1S/C46H54N4O12/c1-20(2)8-9-21-15-31(49-3)30-14-23(21)13-28-25-7-5-4-6-22(25)12-29(36(28)30)27-16-24(51)10-11-26(27)33-17-32(52)37-34(60-33)18-35(38(53)39(37)54)61-44-42(56)46(59,19-50-45(47)48)41(55)40(62-44)43(57)58/h4-7,10-12,16-18,20-21,23,28,30-31,36,40-42,44,49,51,53-56,59H,8-9,13-15,19H2,1-3H3,(H,57,58)(H4,47,48,50). The third kappa shape index (κ3) is 7.53. The van der Waals surface area contributed by atoms with E-state index in [9.17, 15) is 45.3 Å². The van der Waals surface area contributed by atoms with Crippen LogP contribution >= 0.6 is 0 Å². The molecule has 62 heavy (non-hydrogen) atoms. The van der Waals surface area contributed by atoms with Gasteiger partial charge in [0.05, 0.1) is 6.54 Å². The molecule has 2 heterocycles. The summed E-state index contributed by atoms with van der Waals surface area (Å²) < 4.78 is 17.4. The zero-order chi connectivity index (χ0) is 44.4. The minimum atomic E-state index is -2.73. The first kappa shape index (κ1) is 43.0. The number of phenolic OH excluding ortho intramolecular Hbond substituents is 3. The molecular weight excluding hydrogens is 801 g/mol. The Labute approximate surface area is 357 Å². The molecule has 4 aromatic rings. The normalized spacial score (nSPS) is 30.3. The fourth-order valence-electron chi connectivity index (χ4n) is 10.6. The molecule has 4 aliphatic rings. The number of carboxylic acids is 1. The predicted molar refractivity (Wildman–Crippen MR) is 229 cm³/mol. The van der Waals surface area contributed by atoms with Crippen molar-refractivity contribution in [1.29, 1.82) is 0 Å². The number of rotatable bonds is 11. The number of carboxylic acid groups (broad SMARTS) is 1. The molecule has 0 amide bonds. The van der Waals surface area contributed by atoms with Gasteiger partial charge < -0.3 is 66.4 Å². The number of benzene rings is 3. The molecule has 1 saturated heterocycles. The SMILES string of the molecule is CNC1CC(CCC(C)C)C2CC3c4ccccc4C=C(c4cc(O)ccc4-c4cc(=O)c5c(O)c(O)c(OC6OC(C(=O)O)C(O)C(O)(CN=C(N)N)C6O)cc5o4)C3C1C2. The maximum Gasteiger partial charge on any atom is 0.335 e. The molecule has 0 spiro atoms. The van der Waals surface area contributed by atoms with E-state index in [1.807, 2.05) is 13.1 Å². The van der Waals surface area contributed by atoms with Gasteiger partial charge in [-0.1, -0.05) is 50.6 Å². The Balaban J connectivity index is 1.21. The highest BCUT2D eigenvalue weighted by Gasteiger charge is 2.58. The Hall–Kier alpha value is -5.65. The Morgan fingerprint density at radius 1 is 1.00 bits per heavy atom. The summed E-state index contributed by atoms with van der Waals surface area (Å²) in [6.07, 6.45) is -1.05. The maximum atomic E-state index is 13.9. The number of hydrogen-bond donors (Lipinski definition) is 10. The van der Waals surface area contributed by atoms with Crippen LogP contribution in [0.1, 0.15) is 68.6 Å². The average Bonchev–Trinajstić information content (AvgIpc) is 3.23. The van der Waals surface area contributed by atoms with Gasteiger partial charge in [-0.2, -0.15) is 0 Å². The lowest BCUT2D eigenvalue weighted by atomic mass is 9.52. The number of nitrogens with one attached hydrogen (secondary N) is 1. The van der Waals surface area contributed by atoms with Crippen LogP contribution in [0.15, 0.2) is 68.8 Å². The van der Waals surface area contributed by atoms with Gasteiger partial charge in [-0.05, 0) is 109 Å². The van der Waals surface area contributed by atoms with Crippen molar-refractivity contribution in [3.8, 4) is 34.3 Å². The van der Waals surface area contributed by atoms with Gasteiger partial charge in [-0.3, -0.25) is 9.79 Å². The number of aliphatic carboxylic acids is 1. The minimum absolute atomic E-state index is 0.00770. The van der Waals surface area contributed by atoms with Gasteiger partial charge in [0.2, 0.25) is 12.0 Å². The highest BCUT2D eigenvalue weighted by molar-refractivity contribution is 5.94. The Kier molecular flexibility index (Phi) is 11.5. The zero-order valence-corrected chi connectivity index (χ0v) is 34.6. The number of hydrogen-bond acceptors (Lipinski definition) is 13. The molecule has 2 saturated carbocycles. The van der Waals surface area contributed by atoms with Crippen molar-refractivity contribution in [2.24, 2.45) is 46.0 Å². The van der Waals surface area contributed by atoms with Crippen LogP contribution in [0.25, 0.3) is 33.9 Å². The number of ether oxygens (including phenoxy) is 2. The van der Waals surface area contributed by atoms with Crippen LogP contribution in [-0.2, 0) is 9.53 Å². The molecule has 11 unspecified atom stereocenters. The topological polar surface area (TPSA) is 284 Å². The Morgan fingerprint density at radius 2 is 1.76 bits per heavy atom. The zero-order valence-electron chi connectivity index (χ0n) is 34.6. The van der Waals surface area contributed by atoms with E-state index in [2.05, 4.69) is 48.4 Å². The largest absolute Gasteiger partial charge is 0.508 e. The highest BCUT2D eigenvalue weighted by atomic mass is 16.7. The van der Waals surface area contributed by atoms with E-state index in [1.165, 1.54) is 30.5 Å². The number of fused-ring (bicyclic) bond motifs is 7. The molecule has 0 radical (unpaired) electrons. The van der Waals surface area contributed by atoms with E-state index >= 15 is 0 Å². The number of aliphatic hydroxyl groups excluding tert-OH is 2. The van der Waals surface area contributed by atoms with Crippen molar-refractivity contribution < 1.29 is 54.4 Å². The Morgan fingerprint density at radius 3 is 2.47 bits per heavy atom. The number of phenols is 3. The number of carbonyl (C=O) groups is 1. The van der Waals surface area contributed by atoms with Crippen molar-refractivity contribution in [3.63, 3.8) is 0 Å². The molecule has 3 aromatic carbocycles. The van der Waals surface area contributed by atoms with Gasteiger partial charge in [0.1, 0.15) is 40.3 Å².